The van der Waals surface area contributed by atoms with Crippen molar-refractivity contribution in [2.75, 3.05) is 13.7 Å². The first-order valence-electron chi connectivity index (χ1n) is 11.6. The van der Waals surface area contributed by atoms with Crippen molar-refractivity contribution < 1.29 is 61.9 Å². The van der Waals surface area contributed by atoms with E-state index in [0.717, 1.165) is 34.8 Å². The number of carbonyl (C=O) groups is 6. The molecule has 38 heavy (non-hydrogen) atoms. The molecule has 0 saturated carbocycles. The minimum Gasteiger partial charge on any atom is -0.464 e. The molecule has 1 amide bonds. The summed E-state index contributed by atoms with van der Waals surface area (Å²) in [7, 11) is 1.10. The first-order chi connectivity index (χ1) is 17.5. The van der Waals surface area contributed by atoms with Crippen LogP contribution in [0.1, 0.15) is 54.9 Å². The van der Waals surface area contributed by atoms with Gasteiger partial charge < -0.3 is 33.2 Å². The van der Waals surface area contributed by atoms with Crippen LogP contribution in [0, 0.1) is 0 Å². The predicted molar refractivity (Wildman–Crippen MR) is 126 cm³/mol. The fourth-order valence-corrected chi connectivity index (χ4v) is 3.45. The van der Waals surface area contributed by atoms with Crippen LogP contribution in [-0.2, 0) is 57.1 Å². The minimum absolute atomic E-state index is 0.209. The maximum absolute atomic E-state index is 12.3. The van der Waals surface area contributed by atoms with Gasteiger partial charge in [0.05, 0.1) is 7.11 Å². The second kappa shape index (κ2) is 14.3. The molecule has 1 aliphatic heterocycles. The Morgan fingerprint density at radius 3 is 1.74 bits per heavy atom. The van der Waals surface area contributed by atoms with E-state index < -0.39 is 78.7 Å². The molecule has 1 saturated heterocycles. The van der Waals surface area contributed by atoms with Crippen LogP contribution in [-0.4, -0.2) is 85.8 Å². The second-order valence-corrected chi connectivity index (χ2v) is 9.21. The quantitative estimate of drug-likeness (QED) is 0.247. The van der Waals surface area contributed by atoms with Crippen LogP contribution in [0.5, 0.6) is 0 Å². The minimum atomic E-state index is -1.37. The van der Waals surface area contributed by atoms with Crippen molar-refractivity contribution in [1.82, 2.24) is 5.32 Å². The van der Waals surface area contributed by atoms with E-state index in [0.29, 0.717) is 0 Å². The molecule has 1 N–H and O–H groups in total. The Kier molecular flexibility index (Phi) is 12.2. The Hall–Kier alpha value is -3.68. The van der Waals surface area contributed by atoms with Crippen LogP contribution in [0.2, 0.25) is 0 Å². The van der Waals surface area contributed by atoms with Gasteiger partial charge in [-0.15, -0.1) is 0 Å². The first kappa shape index (κ1) is 32.3. The molecule has 0 radical (unpaired) electrons. The highest BCUT2D eigenvalue weighted by atomic mass is 16.7. The number of hydrogen-bond acceptors (Lipinski definition) is 13. The van der Waals surface area contributed by atoms with Gasteiger partial charge in [-0.1, -0.05) is 6.08 Å². The molecule has 0 spiro atoms. The van der Waals surface area contributed by atoms with Crippen LogP contribution in [0.25, 0.3) is 0 Å². The summed E-state index contributed by atoms with van der Waals surface area (Å²) in [6.07, 6.45) is -6.21. The molecule has 214 valence electrons. The van der Waals surface area contributed by atoms with Gasteiger partial charge in [-0.3, -0.25) is 24.5 Å². The van der Waals surface area contributed by atoms with Crippen LogP contribution in [0.4, 0.5) is 4.79 Å². The molecular weight excluding hydrogens is 510 g/mol. The highest BCUT2D eigenvalue weighted by Crippen LogP contribution is 2.31. The average Bonchev–Trinajstić information content (AvgIpc) is 2.75. The van der Waals surface area contributed by atoms with Gasteiger partial charge in [0.1, 0.15) is 30.1 Å². The van der Waals surface area contributed by atoms with E-state index in [1.807, 2.05) is 0 Å². The lowest BCUT2D eigenvalue weighted by Gasteiger charge is -2.44. The van der Waals surface area contributed by atoms with Gasteiger partial charge in [0.2, 0.25) is 0 Å². The van der Waals surface area contributed by atoms with Crippen molar-refractivity contribution in [3.05, 3.63) is 11.8 Å². The van der Waals surface area contributed by atoms with Gasteiger partial charge in [0.15, 0.2) is 18.3 Å². The van der Waals surface area contributed by atoms with E-state index in [9.17, 15) is 28.8 Å². The fourth-order valence-electron chi connectivity index (χ4n) is 3.45. The lowest BCUT2D eigenvalue weighted by Crippen LogP contribution is -2.62. The molecule has 1 rings (SSSR count). The van der Waals surface area contributed by atoms with E-state index in [4.69, 9.17) is 33.2 Å². The van der Waals surface area contributed by atoms with E-state index in [1.54, 1.807) is 20.8 Å². The molecular formula is C24H35NO13. The zero-order chi connectivity index (χ0) is 29.2. The van der Waals surface area contributed by atoms with Gasteiger partial charge in [0.25, 0.3) is 0 Å². The fraction of sp³-hybridized carbons (Fsp3) is 0.667. The number of nitrogens with one attached hydrogen (secondary N) is 1. The average molecular weight is 546 g/mol. The summed E-state index contributed by atoms with van der Waals surface area (Å²) >= 11 is 0. The van der Waals surface area contributed by atoms with Gasteiger partial charge >= 0.3 is 35.9 Å². The molecule has 0 aromatic heterocycles. The second-order valence-electron chi connectivity index (χ2n) is 9.21. The van der Waals surface area contributed by atoms with E-state index in [1.165, 1.54) is 6.08 Å². The monoisotopic (exact) mass is 545 g/mol. The number of methoxy groups -OCH3 is 1. The number of rotatable bonds is 9. The predicted octanol–water partition coefficient (Wildman–Crippen LogP) is 1.08. The Morgan fingerprint density at radius 2 is 1.29 bits per heavy atom. The summed E-state index contributed by atoms with van der Waals surface area (Å²) in [4.78, 5) is 71.6. The number of esters is 5. The molecule has 5 atom stereocenters. The highest BCUT2D eigenvalue weighted by Gasteiger charge is 2.51. The molecule has 1 heterocycles. The number of ether oxygens (including phenoxy) is 7. The van der Waals surface area contributed by atoms with Gasteiger partial charge in [-0.05, 0) is 27.2 Å². The largest absolute Gasteiger partial charge is 0.464 e. The maximum Gasteiger partial charge on any atom is 0.412 e. The molecule has 1 aliphatic rings. The SMILES string of the molecule is COC(=O)/C(=C\C[C@@H]1O[C@H](COC(C)=O)[C@@H](OC(C)=O)[C@H](OC(C)=O)[C@@H]1OC(C)=O)NC(=O)OC(C)(C)C. The van der Waals surface area contributed by atoms with Crippen molar-refractivity contribution in [2.24, 2.45) is 0 Å². The lowest BCUT2D eigenvalue weighted by atomic mass is 9.92. The summed E-state index contributed by atoms with van der Waals surface area (Å²) in [5.41, 5.74) is -1.17. The van der Waals surface area contributed by atoms with Crippen LogP contribution >= 0.6 is 0 Å². The third kappa shape index (κ3) is 11.2. The van der Waals surface area contributed by atoms with Gasteiger partial charge in [-0.2, -0.15) is 0 Å². The third-order valence-corrected chi connectivity index (χ3v) is 4.68. The maximum atomic E-state index is 12.3. The van der Waals surface area contributed by atoms with Crippen molar-refractivity contribution in [3.8, 4) is 0 Å². The van der Waals surface area contributed by atoms with E-state index in [2.05, 4.69) is 5.32 Å². The Bertz CT molecular complexity index is 936. The van der Waals surface area contributed by atoms with Crippen LogP contribution in [0.3, 0.4) is 0 Å². The Balaban J connectivity index is 3.45. The summed E-state index contributed by atoms with van der Waals surface area (Å²) in [5, 5.41) is 2.29. The summed E-state index contributed by atoms with van der Waals surface area (Å²) in [6, 6.07) is 0. The Morgan fingerprint density at radius 1 is 0.789 bits per heavy atom. The molecule has 0 aliphatic carbocycles. The van der Waals surface area contributed by atoms with E-state index in [-0.39, 0.29) is 12.1 Å². The van der Waals surface area contributed by atoms with Gasteiger partial charge in [-0.25, -0.2) is 9.59 Å². The third-order valence-electron chi connectivity index (χ3n) is 4.68. The highest BCUT2D eigenvalue weighted by molar-refractivity contribution is 5.92. The number of alkyl carbamates (subject to hydrolysis) is 1. The van der Waals surface area contributed by atoms with Crippen molar-refractivity contribution >= 4 is 35.9 Å². The zero-order valence-corrected chi connectivity index (χ0v) is 22.7. The molecule has 0 aromatic rings. The smallest absolute Gasteiger partial charge is 0.412 e. The van der Waals surface area contributed by atoms with Crippen molar-refractivity contribution in [2.45, 2.75) is 91.0 Å². The zero-order valence-electron chi connectivity index (χ0n) is 22.7. The summed E-state index contributed by atoms with van der Waals surface area (Å²) in [5.74, 6) is -3.90. The topological polar surface area (TPSA) is 179 Å². The molecule has 1 fully saturated rings. The van der Waals surface area contributed by atoms with Crippen molar-refractivity contribution in [3.63, 3.8) is 0 Å². The van der Waals surface area contributed by atoms with Crippen LogP contribution < -0.4 is 5.32 Å². The summed E-state index contributed by atoms with van der Waals surface area (Å²) < 4.78 is 36.9. The molecule has 0 bridgehead atoms. The number of hydrogen-bond donors (Lipinski definition) is 1. The normalized spacial score (nSPS) is 23.4. The number of amides is 1. The Labute approximate surface area is 220 Å². The lowest BCUT2D eigenvalue weighted by molar-refractivity contribution is -0.251. The summed E-state index contributed by atoms with van der Waals surface area (Å²) in [6.45, 7) is 8.95. The molecule has 0 aromatic carbocycles. The molecule has 14 nitrogen and oxygen atoms in total. The van der Waals surface area contributed by atoms with Crippen LogP contribution in [0.15, 0.2) is 11.8 Å². The van der Waals surface area contributed by atoms with E-state index >= 15 is 0 Å². The molecule has 14 heteroatoms. The number of carbonyl (C=O) groups excluding carboxylic acids is 6. The van der Waals surface area contributed by atoms with Crippen molar-refractivity contribution in [1.29, 1.82) is 0 Å². The standard InChI is InChI=1S/C24H35NO13/c1-12(26)33-11-18-20(35-14(3)28)21(36-15(4)29)19(34-13(2)27)17(37-18)10-9-16(22(30)32-8)25-23(31)38-24(5,6)7/h9,17-21H,10-11H2,1-8H3,(H,25,31)/b16-9+/t17-,18+,19+,20+,21+/m0/s1. The first-order valence-corrected chi connectivity index (χ1v) is 11.6. The van der Waals surface area contributed by atoms with Gasteiger partial charge in [0, 0.05) is 27.7 Å². The molecule has 0 unspecified atom stereocenters.